The third-order valence-electron chi connectivity index (χ3n) is 3.10. The molecule has 0 amide bonds. The largest absolute Gasteiger partial charge is 0.306 e. The fraction of sp³-hybridized carbons (Fsp3) is 0.231. The van der Waals surface area contributed by atoms with E-state index < -0.39 is 0 Å². The minimum absolute atomic E-state index is 0.254. The fourth-order valence-electron chi connectivity index (χ4n) is 1.96. The van der Waals surface area contributed by atoms with Crippen molar-refractivity contribution in [3.63, 3.8) is 0 Å². The zero-order valence-corrected chi connectivity index (χ0v) is 11.4. The maximum Gasteiger partial charge on any atom is 0.0794 e. The molecule has 1 unspecified atom stereocenters. The van der Waals surface area contributed by atoms with Crippen LogP contribution in [0.2, 0.25) is 0 Å². The maximum atomic E-state index is 4.14. The molecule has 3 N–H and O–H groups in total. The molecule has 0 fully saturated rings. The summed E-state index contributed by atoms with van der Waals surface area (Å²) < 4.78 is 0. The van der Waals surface area contributed by atoms with Crippen molar-refractivity contribution in [2.45, 2.75) is 19.5 Å². The van der Waals surface area contributed by atoms with E-state index in [2.05, 4.69) is 44.1 Å². The van der Waals surface area contributed by atoms with Crippen LogP contribution in [0.25, 0.3) is 10.6 Å². The van der Waals surface area contributed by atoms with Crippen LogP contribution < -0.4 is 5.32 Å². The maximum absolute atomic E-state index is 4.14. The van der Waals surface area contributed by atoms with Gasteiger partial charge < -0.3 is 5.32 Å². The Morgan fingerprint density at radius 2 is 2.32 bits per heavy atom. The third kappa shape index (κ3) is 2.59. The monoisotopic (exact) mass is 273 g/mol. The molecule has 0 radical (unpaired) electrons. The molecule has 3 heterocycles. The zero-order chi connectivity index (χ0) is 13.1. The van der Waals surface area contributed by atoms with E-state index >= 15 is 0 Å². The lowest BCUT2D eigenvalue weighted by Gasteiger charge is -2.11. The van der Waals surface area contributed by atoms with Crippen molar-refractivity contribution in [2.24, 2.45) is 0 Å². The van der Waals surface area contributed by atoms with Crippen molar-refractivity contribution in [1.29, 1.82) is 0 Å². The highest BCUT2D eigenvalue weighted by Gasteiger charge is 2.11. The lowest BCUT2D eigenvalue weighted by molar-refractivity contribution is 0.575. The molecule has 5 nitrogen and oxygen atoms in total. The molecule has 98 valence electrons. The van der Waals surface area contributed by atoms with Gasteiger partial charge >= 0.3 is 0 Å². The summed E-state index contributed by atoms with van der Waals surface area (Å²) in [6.07, 6.45) is 5.63. The van der Waals surface area contributed by atoms with Gasteiger partial charge in [0, 0.05) is 29.9 Å². The van der Waals surface area contributed by atoms with Gasteiger partial charge in [-0.05, 0) is 18.4 Å². The first kappa shape index (κ1) is 12.1. The second-order valence-corrected chi connectivity index (χ2v) is 5.33. The standard InChI is InChI=1S/C13H15N5S/c1-9(10-6-15-16-7-10)14-5-11-8-17-18-13(11)12-3-2-4-19-12/h2-4,6-9,14H,5H2,1H3,(H,15,16)(H,17,18). The summed E-state index contributed by atoms with van der Waals surface area (Å²) in [5.41, 5.74) is 3.43. The van der Waals surface area contributed by atoms with E-state index in [1.54, 1.807) is 11.3 Å². The lowest BCUT2D eigenvalue weighted by atomic mass is 10.1. The first-order valence-electron chi connectivity index (χ1n) is 6.13. The fourth-order valence-corrected chi connectivity index (χ4v) is 2.71. The predicted octanol–water partition coefficient (Wildman–Crippen LogP) is 2.71. The number of hydrogen-bond acceptors (Lipinski definition) is 4. The molecule has 0 bridgehead atoms. The van der Waals surface area contributed by atoms with Gasteiger partial charge in [0.15, 0.2) is 0 Å². The molecule has 0 aliphatic rings. The van der Waals surface area contributed by atoms with Gasteiger partial charge in [-0.25, -0.2) is 0 Å². The first-order valence-corrected chi connectivity index (χ1v) is 7.00. The molecule has 19 heavy (non-hydrogen) atoms. The number of nitrogens with zero attached hydrogens (tertiary/aromatic N) is 2. The van der Waals surface area contributed by atoms with Crippen LogP contribution in [0.3, 0.4) is 0 Å². The molecular weight excluding hydrogens is 258 g/mol. The Bertz CT molecular complexity index is 611. The highest BCUT2D eigenvalue weighted by Crippen LogP contribution is 2.26. The molecule has 3 aromatic rings. The minimum atomic E-state index is 0.254. The van der Waals surface area contributed by atoms with E-state index in [0.29, 0.717) is 0 Å². The third-order valence-corrected chi connectivity index (χ3v) is 3.99. The van der Waals surface area contributed by atoms with E-state index in [1.807, 2.05) is 24.7 Å². The molecule has 3 aromatic heterocycles. The highest BCUT2D eigenvalue weighted by molar-refractivity contribution is 7.13. The van der Waals surface area contributed by atoms with E-state index in [-0.39, 0.29) is 6.04 Å². The summed E-state index contributed by atoms with van der Waals surface area (Å²) in [4.78, 5) is 1.21. The summed E-state index contributed by atoms with van der Waals surface area (Å²) in [5.74, 6) is 0. The predicted molar refractivity (Wildman–Crippen MR) is 75.7 cm³/mol. The van der Waals surface area contributed by atoms with Gasteiger partial charge in [0.05, 0.1) is 23.0 Å². The van der Waals surface area contributed by atoms with E-state index in [1.165, 1.54) is 10.4 Å². The number of H-pyrrole nitrogens is 2. The Kier molecular flexibility index (Phi) is 3.43. The summed E-state index contributed by atoms with van der Waals surface area (Å²) in [6.45, 7) is 2.89. The average molecular weight is 273 g/mol. The van der Waals surface area contributed by atoms with Crippen molar-refractivity contribution in [3.05, 3.63) is 47.2 Å². The number of rotatable bonds is 5. The Balaban J connectivity index is 1.70. The topological polar surface area (TPSA) is 69.4 Å². The number of thiophene rings is 1. The minimum Gasteiger partial charge on any atom is -0.306 e. The smallest absolute Gasteiger partial charge is 0.0794 e. The molecule has 0 aliphatic carbocycles. The summed E-state index contributed by atoms with van der Waals surface area (Å²) in [7, 11) is 0. The van der Waals surface area contributed by atoms with Gasteiger partial charge in [0.2, 0.25) is 0 Å². The number of aromatic amines is 2. The molecule has 0 spiro atoms. The van der Waals surface area contributed by atoms with Gasteiger partial charge in [-0.3, -0.25) is 10.2 Å². The van der Waals surface area contributed by atoms with Crippen LogP contribution in [-0.2, 0) is 6.54 Å². The van der Waals surface area contributed by atoms with Crippen molar-refractivity contribution >= 4 is 11.3 Å². The molecule has 0 saturated carbocycles. The van der Waals surface area contributed by atoms with Crippen LogP contribution in [0.4, 0.5) is 0 Å². The van der Waals surface area contributed by atoms with E-state index in [4.69, 9.17) is 0 Å². The van der Waals surface area contributed by atoms with Crippen LogP contribution in [-0.4, -0.2) is 20.4 Å². The van der Waals surface area contributed by atoms with Crippen LogP contribution in [0, 0.1) is 0 Å². The summed E-state index contributed by atoms with van der Waals surface area (Å²) in [6, 6.07) is 4.40. The Morgan fingerprint density at radius 3 is 3.05 bits per heavy atom. The van der Waals surface area contributed by atoms with Crippen LogP contribution in [0.15, 0.2) is 36.1 Å². The lowest BCUT2D eigenvalue weighted by Crippen LogP contribution is -2.17. The number of hydrogen-bond donors (Lipinski definition) is 3. The first-order chi connectivity index (χ1) is 9.34. The van der Waals surface area contributed by atoms with Gasteiger partial charge in [-0.2, -0.15) is 10.2 Å². The zero-order valence-electron chi connectivity index (χ0n) is 10.6. The molecule has 1 atom stereocenters. The van der Waals surface area contributed by atoms with Gasteiger partial charge in [0.25, 0.3) is 0 Å². The van der Waals surface area contributed by atoms with Crippen molar-refractivity contribution in [2.75, 3.05) is 0 Å². The van der Waals surface area contributed by atoms with Crippen molar-refractivity contribution in [3.8, 4) is 10.6 Å². The average Bonchev–Trinajstić information content (AvgIpc) is 3.14. The van der Waals surface area contributed by atoms with Crippen LogP contribution in [0.5, 0.6) is 0 Å². The Hall–Kier alpha value is -1.92. The SMILES string of the molecule is CC(NCc1cn[nH]c1-c1cccs1)c1cn[nH]c1. The van der Waals surface area contributed by atoms with Crippen molar-refractivity contribution < 1.29 is 0 Å². The Morgan fingerprint density at radius 1 is 1.37 bits per heavy atom. The number of aromatic nitrogens is 4. The molecule has 0 aliphatic heterocycles. The second kappa shape index (κ2) is 5.38. The quantitative estimate of drug-likeness (QED) is 0.669. The van der Waals surface area contributed by atoms with Crippen LogP contribution in [0.1, 0.15) is 24.1 Å². The van der Waals surface area contributed by atoms with E-state index in [9.17, 15) is 0 Å². The highest BCUT2D eigenvalue weighted by atomic mass is 32.1. The van der Waals surface area contributed by atoms with Crippen LogP contribution >= 0.6 is 11.3 Å². The van der Waals surface area contributed by atoms with Crippen molar-refractivity contribution in [1.82, 2.24) is 25.7 Å². The summed E-state index contributed by atoms with van der Waals surface area (Å²) in [5, 5.41) is 19.6. The molecule has 0 saturated heterocycles. The molecule has 3 rings (SSSR count). The van der Waals surface area contributed by atoms with Gasteiger partial charge in [-0.15, -0.1) is 11.3 Å². The second-order valence-electron chi connectivity index (χ2n) is 4.38. The van der Waals surface area contributed by atoms with E-state index in [0.717, 1.165) is 17.8 Å². The number of nitrogens with one attached hydrogen (secondary N) is 3. The molecule has 0 aromatic carbocycles. The van der Waals surface area contributed by atoms with Gasteiger partial charge in [-0.1, -0.05) is 6.07 Å². The summed E-state index contributed by atoms with van der Waals surface area (Å²) >= 11 is 1.71. The molecule has 6 heteroatoms. The Labute approximate surface area is 115 Å². The van der Waals surface area contributed by atoms with Gasteiger partial charge in [0.1, 0.15) is 0 Å². The normalized spacial score (nSPS) is 12.7. The molecular formula is C13H15N5S.